The summed E-state index contributed by atoms with van der Waals surface area (Å²) in [5, 5.41) is 0.772. The molecule has 4 rings (SSSR count). The minimum atomic E-state index is 0.350. The number of likely N-dealkylation sites (tertiary alicyclic amines) is 1. The van der Waals surface area contributed by atoms with E-state index in [0.29, 0.717) is 31.4 Å². The van der Waals surface area contributed by atoms with Gasteiger partial charge < -0.3 is 15.4 Å². The number of nitrogens with zero attached hydrogens (tertiary/aromatic N) is 4. The Balaban J connectivity index is 1.57. The van der Waals surface area contributed by atoms with Crippen LogP contribution in [-0.2, 0) is 19.5 Å². The highest BCUT2D eigenvalue weighted by Crippen LogP contribution is 2.33. The van der Waals surface area contributed by atoms with Gasteiger partial charge in [-0.05, 0) is 55.6 Å². The van der Waals surface area contributed by atoms with Crippen molar-refractivity contribution >= 4 is 23.2 Å². The van der Waals surface area contributed by atoms with E-state index in [0.717, 1.165) is 66.6 Å². The zero-order valence-electron chi connectivity index (χ0n) is 18.4. The first-order chi connectivity index (χ1) is 15.0. The fourth-order valence-corrected chi connectivity index (χ4v) is 4.65. The topological polar surface area (TPSA) is 67.5 Å². The highest BCUT2D eigenvalue weighted by Gasteiger charge is 2.25. The van der Waals surface area contributed by atoms with Gasteiger partial charge in [-0.3, -0.25) is 4.90 Å². The first kappa shape index (κ1) is 21.9. The van der Waals surface area contributed by atoms with Crippen LogP contribution in [0, 0.1) is 0 Å². The van der Waals surface area contributed by atoms with E-state index in [-0.39, 0.29) is 0 Å². The third-order valence-corrected chi connectivity index (χ3v) is 6.08. The molecule has 166 valence electrons. The normalized spacial score (nSPS) is 16.6. The van der Waals surface area contributed by atoms with Gasteiger partial charge in [0.15, 0.2) is 0 Å². The van der Waals surface area contributed by atoms with Crippen LogP contribution < -0.4 is 15.4 Å². The van der Waals surface area contributed by atoms with Gasteiger partial charge in [-0.15, -0.1) is 0 Å². The molecule has 2 aliphatic rings. The predicted molar refractivity (Wildman–Crippen MR) is 127 cm³/mol. The highest BCUT2D eigenvalue weighted by molar-refractivity contribution is 6.30. The van der Waals surface area contributed by atoms with Crippen molar-refractivity contribution in [1.82, 2.24) is 14.9 Å². The van der Waals surface area contributed by atoms with Gasteiger partial charge in [0.1, 0.15) is 11.6 Å². The fraction of sp³-hybridized carbons (Fsp3) is 0.500. The van der Waals surface area contributed by atoms with Crippen molar-refractivity contribution in [2.24, 2.45) is 0 Å². The minimum absolute atomic E-state index is 0.350. The van der Waals surface area contributed by atoms with E-state index in [2.05, 4.69) is 40.4 Å². The van der Waals surface area contributed by atoms with E-state index in [9.17, 15) is 0 Å². The zero-order valence-corrected chi connectivity index (χ0v) is 19.1. The summed E-state index contributed by atoms with van der Waals surface area (Å²) in [6, 6.07) is 6.72. The van der Waals surface area contributed by atoms with Gasteiger partial charge in [0.05, 0.1) is 6.61 Å². The molecule has 6 nitrogen and oxygen atoms in total. The number of hydrogen-bond acceptors (Lipinski definition) is 6. The molecule has 2 aromatic rings. The van der Waals surface area contributed by atoms with E-state index >= 15 is 0 Å². The molecule has 0 amide bonds. The van der Waals surface area contributed by atoms with Crippen LogP contribution in [0.1, 0.15) is 49.3 Å². The van der Waals surface area contributed by atoms with Gasteiger partial charge >= 0.3 is 6.01 Å². The quantitative estimate of drug-likeness (QED) is 0.476. The van der Waals surface area contributed by atoms with E-state index in [1.807, 2.05) is 6.07 Å². The third-order valence-electron chi connectivity index (χ3n) is 5.86. The van der Waals surface area contributed by atoms with E-state index in [1.54, 1.807) is 0 Å². The number of fused-ring (bicyclic) bond motifs is 1. The number of unbranched alkanes of at least 4 members (excludes halogenated alkanes) is 1. The maximum Gasteiger partial charge on any atom is 0.320 e. The van der Waals surface area contributed by atoms with Crippen LogP contribution in [0.3, 0.4) is 0 Å². The van der Waals surface area contributed by atoms with Crippen LogP contribution in [0.4, 0.5) is 11.6 Å². The monoisotopic (exact) mass is 441 g/mol. The lowest BCUT2D eigenvalue weighted by Crippen LogP contribution is -2.32. The van der Waals surface area contributed by atoms with Crippen LogP contribution in [0.2, 0.25) is 5.02 Å². The third kappa shape index (κ3) is 5.49. The van der Waals surface area contributed by atoms with Crippen molar-refractivity contribution in [2.45, 2.75) is 52.1 Å². The molecule has 31 heavy (non-hydrogen) atoms. The van der Waals surface area contributed by atoms with Gasteiger partial charge in [-0.2, -0.15) is 9.97 Å². The Hall–Kier alpha value is -2.31. The molecule has 1 fully saturated rings. The lowest BCUT2D eigenvalue weighted by atomic mass is 10.0. The molecule has 2 N–H and O–H groups in total. The smallest absolute Gasteiger partial charge is 0.320 e. The summed E-state index contributed by atoms with van der Waals surface area (Å²) in [6.45, 7) is 11.6. The average Bonchev–Trinajstić information content (AvgIpc) is 3.21. The van der Waals surface area contributed by atoms with Crippen molar-refractivity contribution in [3.8, 4) is 6.01 Å². The first-order valence-corrected chi connectivity index (χ1v) is 11.6. The maximum atomic E-state index is 6.48. The number of benzene rings is 1. The molecule has 1 saturated heterocycles. The molecule has 0 saturated carbocycles. The van der Waals surface area contributed by atoms with Gasteiger partial charge in [0.2, 0.25) is 0 Å². The number of hydrogen-bond donors (Lipinski definition) is 1. The Bertz CT molecular complexity index is 942. The number of ether oxygens (including phenoxy) is 1. The minimum Gasteiger partial charge on any atom is -0.463 e. The van der Waals surface area contributed by atoms with E-state index in [1.165, 1.54) is 18.4 Å². The number of halogens is 1. The average molecular weight is 442 g/mol. The number of nitrogen functional groups attached to an aromatic ring is 1. The number of aromatic nitrogens is 2. The molecule has 1 aromatic heterocycles. The molecule has 0 spiro atoms. The molecule has 0 radical (unpaired) electrons. The molecule has 3 heterocycles. The second kappa shape index (κ2) is 9.88. The molecule has 0 atom stereocenters. The maximum absolute atomic E-state index is 6.48. The van der Waals surface area contributed by atoms with Gasteiger partial charge in [0.25, 0.3) is 0 Å². The SMILES string of the molecule is C=C1Cc2c(N)nc(OCCCC)nc2N(Cc2cc(Cl)cc(CN3CCCC3)c2)C1. The van der Waals surface area contributed by atoms with Crippen molar-refractivity contribution in [2.75, 3.05) is 36.9 Å². The lowest BCUT2D eigenvalue weighted by molar-refractivity contribution is 0.285. The summed E-state index contributed by atoms with van der Waals surface area (Å²) >= 11 is 6.48. The summed E-state index contributed by atoms with van der Waals surface area (Å²) in [7, 11) is 0. The summed E-state index contributed by atoms with van der Waals surface area (Å²) in [4.78, 5) is 13.8. The highest BCUT2D eigenvalue weighted by atomic mass is 35.5. The van der Waals surface area contributed by atoms with Crippen LogP contribution in [0.5, 0.6) is 6.01 Å². The molecule has 7 heteroatoms. The Morgan fingerprint density at radius 3 is 2.61 bits per heavy atom. The van der Waals surface area contributed by atoms with Crippen LogP contribution in [0.25, 0.3) is 0 Å². The zero-order chi connectivity index (χ0) is 21.8. The van der Waals surface area contributed by atoms with Crippen LogP contribution in [0.15, 0.2) is 30.4 Å². The fourth-order valence-electron chi connectivity index (χ4n) is 4.37. The first-order valence-electron chi connectivity index (χ1n) is 11.2. The summed E-state index contributed by atoms with van der Waals surface area (Å²) in [6.07, 6.45) is 5.28. The van der Waals surface area contributed by atoms with Crippen molar-refractivity contribution in [3.63, 3.8) is 0 Å². The largest absolute Gasteiger partial charge is 0.463 e. The van der Waals surface area contributed by atoms with Crippen molar-refractivity contribution < 1.29 is 4.74 Å². The molecular weight excluding hydrogens is 410 g/mol. The van der Waals surface area contributed by atoms with Crippen molar-refractivity contribution in [1.29, 1.82) is 0 Å². The van der Waals surface area contributed by atoms with Gasteiger partial charge in [0, 0.05) is 36.6 Å². The number of nitrogens with two attached hydrogens (primary N) is 1. The van der Waals surface area contributed by atoms with Gasteiger partial charge in [-0.25, -0.2) is 0 Å². The Kier molecular flexibility index (Phi) is 6.98. The Labute approximate surface area is 190 Å². The molecular formula is C24H32ClN5O. The second-order valence-electron chi connectivity index (χ2n) is 8.63. The van der Waals surface area contributed by atoms with Gasteiger partial charge in [-0.1, -0.05) is 43.2 Å². The molecule has 1 aromatic carbocycles. The van der Waals surface area contributed by atoms with Crippen LogP contribution >= 0.6 is 11.6 Å². The molecule has 0 unspecified atom stereocenters. The Morgan fingerprint density at radius 2 is 1.87 bits per heavy atom. The van der Waals surface area contributed by atoms with Crippen molar-refractivity contribution in [3.05, 3.63) is 52.1 Å². The molecule has 0 bridgehead atoms. The number of anilines is 2. The molecule has 0 aliphatic carbocycles. The van der Waals surface area contributed by atoms with E-state index in [4.69, 9.17) is 27.1 Å². The Morgan fingerprint density at radius 1 is 1.13 bits per heavy atom. The molecule has 2 aliphatic heterocycles. The standard InChI is InChI=1S/C24H32ClN5O/c1-3-4-9-31-24-27-22(26)21-10-17(2)14-30(23(21)28-24)16-19-11-18(12-20(25)13-19)15-29-7-5-6-8-29/h11-13H,2-10,14-16H2,1H3,(H2,26,27,28). The lowest BCUT2D eigenvalue weighted by Gasteiger charge is -2.32. The second-order valence-corrected chi connectivity index (χ2v) is 9.07. The van der Waals surface area contributed by atoms with E-state index < -0.39 is 0 Å². The summed E-state index contributed by atoms with van der Waals surface area (Å²) < 4.78 is 5.75. The van der Waals surface area contributed by atoms with Crippen LogP contribution in [-0.4, -0.2) is 41.1 Å². The summed E-state index contributed by atoms with van der Waals surface area (Å²) in [5.74, 6) is 1.32. The number of rotatable bonds is 8. The summed E-state index contributed by atoms with van der Waals surface area (Å²) in [5.41, 5.74) is 10.7. The predicted octanol–water partition coefficient (Wildman–Crippen LogP) is 4.61.